The zero-order chi connectivity index (χ0) is 13.4. The van der Waals surface area contributed by atoms with Crippen LogP contribution in [-0.4, -0.2) is 29.4 Å². The molecule has 0 aliphatic carbocycles. The van der Waals surface area contributed by atoms with Crippen molar-refractivity contribution in [2.24, 2.45) is 11.7 Å². The third-order valence-electron chi connectivity index (χ3n) is 2.55. The summed E-state index contributed by atoms with van der Waals surface area (Å²) >= 11 is 6.67. The van der Waals surface area contributed by atoms with Crippen molar-refractivity contribution in [1.82, 2.24) is 5.32 Å². The molecule has 1 amide bonds. The summed E-state index contributed by atoms with van der Waals surface area (Å²) in [6.45, 7) is 0.647. The van der Waals surface area contributed by atoms with Crippen molar-refractivity contribution in [2.75, 3.05) is 18.6 Å². The highest BCUT2D eigenvalue weighted by molar-refractivity contribution is 7.98. The van der Waals surface area contributed by atoms with Crippen LogP contribution in [0.4, 0.5) is 0 Å². The molecule has 0 aromatic heterocycles. The lowest BCUT2D eigenvalue weighted by atomic mass is 9.98. The van der Waals surface area contributed by atoms with Gasteiger partial charge in [-0.2, -0.15) is 11.8 Å². The zero-order valence-electron chi connectivity index (χ0n) is 10.4. The van der Waals surface area contributed by atoms with Crippen LogP contribution in [0.1, 0.15) is 5.56 Å². The highest BCUT2D eigenvalue weighted by Crippen LogP contribution is 2.09. The Morgan fingerprint density at radius 3 is 2.67 bits per heavy atom. The van der Waals surface area contributed by atoms with Crippen molar-refractivity contribution in [3.05, 3.63) is 35.9 Å². The number of benzene rings is 1. The number of nitrogens with two attached hydrogens (primary N) is 1. The van der Waals surface area contributed by atoms with Gasteiger partial charge < -0.3 is 11.1 Å². The van der Waals surface area contributed by atoms with Crippen LogP contribution in [0.25, 0.3) is 0 Å². The molecule has 1 unspecified atom stereocenters. The highest BCUT2D eigenvalue weighted by atomic mass is 32.2. The molecule has 0 aliphatic rings. The van der Waals surface area contributed by atoms with E-state index in [9.17, 15) is 4.79 Å². The third-order valence-corrected chi connectivity index (χ3v) is 3.44. The normalized spacial score (nSPS) is 11.8. The maximum absolute atomic E-state index is 12.0. The first-order chi connectivity index (χ1) is 8.65. The molecule has 0 aliphatic heterocycles. The molecule has 1 atom stereocenters. The van der Waals surface area contributed by atoms with E-state index in [2.05, 4.69) is 5.32 Å². The number of hydrogen-bond donors (Lipinski definition) is 2. The van der Waals surface area contributed by atoms with E-state index >= 15 is 0 Å². The van der Waals surface area contributed by atoms with E-state index in [-0.39, 0.29) is 10.9 Å². The summed E-state index contributed by atoms with van der Waals surface area (Å²) in [5.74, 6) is 0.380. The summed E-state index contributed by atoms with van der Waals surface area (Å²) in [5, 5.41) is 2.86. The molecule has 0 radical (unpaired) electrons. The molecule has 1 rings (SSSR count). The molecule has 0 fully saturated rings. The molecule has 1 aromatic carbocycles. The van der Waals surface area contributed by atoms with Gasteiger partial charge in [-0.25, -0.2) is 0 Å². The predicted molar refractivity (Wildman–Crippen MR) is 81.8 cm³/mol. The monoisotopic (exact) mass is 282 g/mol. The van der Waals surface area contributed by atoms with Crippen molar-refractivity contribution < 1.29 is 4.79 Å². The van der Waals surface area contributed by atoms with Crippen LogP contribution in [-0.2, 0) is 11.2 Å². The Morgan fingerprint density at radius 2 is 2.11 bits per heavy atom. The van der Waals surface area contributed by atoms with Gasteiger partial charge in [0.2, 0.25) is 5.91 Å². The number of hydrogen-bond acceptors (Lipinski definition) is 3. The van der Waals surface area contributed by atoms with Gasteiger partial charge in [0.25, 0.3) is 0 Å². The minimum Gasteiger partial charge on any atom is -0.393 e. The first-order valence-corrected chi connectivity index (χ1v) is 7.55. The number of amides is 1. The molecule has 3 N–H and O–H groups in total. The summed E-state index contributed by atoms with van der Waals surface area (Å²) in [6.07, 6.45) is 2.56. The van der Waals surface area contributed by atoms with Crippen LogP contribution in [0.3, 0.4) is 0 Å². The van der Waals surface area contributed by atoms with Gasteiger partial charge >= 0.3 is 0 Å². The third kappa shape index (κ3) is 5.06. The summed E-state index contributed by atoms with van der Waals surface area (Å²) in [6, 6.07) is 9.77. The number of thioether (sulfide) groups is 1. The van der Waals surface area contributed by atoms with Gasteiger partial charge in [0.05, 0.1) is 10.9 Å². The second-order valence-corrected chi connectivity index (χ2v) is 5.39. The summed E-state index contributed by atoms with van der Waals surface area (Å²) in [7, 11) is 0. The maximum Gasteiger partial charge on any atom is 0.230 e. The summed E-state index contributed by atoms with van der Waals surface area (Å²) in [4.78, 5) is 12.2. The topological polar surface area (TPSA) is 55.1 Å². The number of thiocarbonyl (C=S) groups is 1. The van der Waals surface area contributed by atoms with E-state index in [1.54, 1.807) is 11.8 Å². The summed E-state index contributed by atoms with van der Waals surface area (Å²) < 4.78 is 0. The van der Waals surface area contributed by atoms with Crippen molar-refractivity contribution >= 4 is 34.9 Å². The standard InChI is InChI=1S/C13H18N2OS2/c1-18-8-7-15-13(16)11(12(14)17)9-10-5-3-2-4-6-10/h2-6,11H,7-9H2,1H3,(H2,14,17)(H,15,16). The molecule has 0 heterocycles. The Kier molecular flexibility index (Phi) is 6.75. The fourth-order valence-electron chi connectivity index (χ4n) is 1.57. The van der Waals surface area contributed by atoms with E-state index in [0.717, 1.165) is 11.3 Å². The fraction of sp³-hybridized carbons (Fsp3) is 0.385. The van der Waals surface area contributed by atoms with Crippen molar-refractivity contribution in [3.63, 3.8) is 0 Å². The van der Waals surface area contributed by atoms with E-state index in [0.29, 0.717) is 13.0 Å². The number of nitrogens with one attached hydrogen (secondary N) is 1. The SMILES string of the molecule is CSCCNC(=O)C(Cc1ccccc1)C(N)=S. The second kappa shape index (κ2) is 8.11. The predicted octanol–water partition coefficient (Wildman–Crippen LogP) is 1.61. The number of carbonyl (C=O) groups excluding carboxylic acids is 1. The number of rotatable bonds is 7. The lowest BCUT2D eigenvalue weighted by Gasteiger charge is -2.15. The fourth-order valence-corrected chi connectivity index (χ4v) is 2.07. The minimum absolute atomic E-state index is 0.0830. The average molecular weight is 282 g/mol. The Balaban J connectivity index is 2.60. The van der Waals surface area contributed by atoms with Crippen LogP contribution >= 0.6 is 24.0 Å². The van der Waals surface area contributed by atoms with E-state index in [1.165, 1.54) is 0 Å². The van der Waals surface area contributed by atoms with Gasteiger partial charge in [-0.15, -0.1) is 0 Å². The highest BCUT2D eigenvalue weighted by Gasteiger charge is 2.21. The van der Waals surface area contributed by atoms with Gasteiger partial charge in [0.15, 0.2) is 0 Å². The second-order valence-electron chi connectivity index (χ2n) is 3.93. The van der Waals surface area contributed by atoms with Gasteiger partial charge in [-0.05, 0) is 18.2 Å². The van der Waals surface area contributed by atoms with E-state index in [4.69, 9.17) is 18.0 Å². The van der Waals surface area contributed by atoms with Crippen LogP contribution < -0.4 is 11.1 Å². The van der Waals surface area contributed by atoms with Gasteiger partial charge in [-0.1, -0.05) is 42.5 Å². The Morgan fingerprint density at radius 1 is 1.44 bits per heavy atom. The first-order valence-electron chi connectivity index (χ1n) is 5.75. The quantitative estimate of drug-likeness (QED) is 0.589. The molecule has 1 aromatic rings. The van der Waals surface area contributed by atoms with E-state index in [1.807, 2.05) is 36.6 Å². The molecule has 3 nitrogen and oxygen atoms in total. The average Bonchev–Trinajstić information content (AvgIpc) is 2.37. The lowest BCUT2D eigenvalue weighted by Crippen LogP contribution is -2.40. The number of carbonyl (C=O) groups is 1. The molecule has 5 heteroatoms. The minimum atomic E-state index is -0.427. The molecule has 0 saturated carbocycles. The van der Waals surface area contributed by atoms with Gasteiger partial charge in [0.1, 0.15) is 0 Å². The lowest BCUT2D eigenvalue weighted by molar-refractivity contribution is -0.122. The van der Waals surface area contributed by atoms with Gasteiger partial charge in [0, 0.05) is 12.3 Å². The van der Waals surface area contributed by atoms with Gasteiger partial charge in [-0.3, -0.25) is 4.79 Å². The Bertz CT molecular complexity index is 395. The maximum atomic E-state index is 12.0. The zero-order valence-corrected chi connectivity index (χ0v) is 12.0. The molecule has 0 spiro atoms. The Labute approximate surface area is 118 Å². The van der Waals surface area contributed by atoms with Crippen LogP contribution in [0.2, 0.25) is 0 Å². The largest absolute Gasteiger partial charge is 0.393 e. The Hall–Kier alpha value is -1.07. The molecule has 98 valence electrons. The summed E-state index contributed by atoms with van der Waals surface area (Å²) in [5.41, 5.74) is 6.72. The van der Waals surface area contributed by atoms with Crippen molar-refractivity contribution in [1.29, 1.82) is 0 Å². The van der Waals surface area contributed by atoms with Crippen LogP contribution in [0.15, 0.2) is 30.3 Å². The molecular formula is C13H18N2OS2. The molecule has 18 heavy (non-hydrogen) atoms. The molecular weight excluding hydrogens is 264 g/mol. The van der Waals surface area contributed by atoms with Crippen molar-refractivity contribution in [3.8, 4) is 0 Å². The van der Waals surface area contributed by atoms with Crippen molar-refractivity contribution in [2.45, 2.75) is 6.42 Å². The molecule has 0 bridgehead atoms. The van der Waals surface area contributed by atoms with Crippen LogP contribution in [0.5, 0.6) is 0 Å². The van der Waals surface area contributed by atoms with Crippen LogP contribution in [0, 0.1) is 5.92 Å². The first kappa shape index (κ1) is 15.0. The van der Waals surface area contributed by atoms with E-state index < -0.39 is 5.92 Å². The smallest absolute Gasteiger partial charge is 0.230 e. The molecule has 0 saturated heterocycles.